The molecule has 0 saturated carbocycles. The Bertz CT molecular complexity index is 549. The molecule has 0 unspecified atom stereocenters. The molecule has 0 amide bonds. The zero-order chi connectivity index (χ0) is 11.0. The average molecular weight is 223 g/mol. The number of fused-ring (bicyclic) bond motifs is 1. The van der Waals surface area contributed by atoms with Crippen molar-refractivity contribution in [2.45, 2.75) is 0 Å². The lowest BCUT2D eigenvalue weighted by atomic mass is 10.1. The Kier molecular flexibility index (Phi) is 2.25. The standard InChI is InChI=1S/C11H7ClO3/c12-8-1-2-9-6(4-8)3-7(11(14)15)5-10(9)13/h1-5,13H,(H,14,15). The molecule has 76 valence electrons. The predicted octanol–water partition coefficient (Wildman–Crippen LogP) is 2.90. The minimum Gasteiger partial charge on any atom is -0.507 e. The van der Waals surface area contributed by atoms with Gasteiger partial charge in [-0.15, -0.1) is 0 Å². The lowest BCUT2D eigenvalue weighted by molar-refractivity contribution is 0.0696. The van der Waals surface area contributed by atoms with Gasteiger partial charge in [0.25, 0.3) is 0 Å². The fourth-order valence-electron chi connectivity index (χ4n) is 1.44. The number of phenolic OH excluding ortho intramolecular Hbond substituents is 1. The molecule has 3 nitrogen and oxygen atoms in total. The van der Waals surface area contributed by atoms with E-state index in [2.05, 4.69) is 0 Å². The zero-order valence-electron chi connectivity index (χ0n) is 7.57. The maximum Gasteiger partial charge on any atom is 0.335 e. The minimum absolute atomic E-state index is 0.0438. The third-order valence-electron chi connectivity index (χ3n) is 2.14. The molecule has 0 atom stereocenters. The number of carboxylic acids is 1. The zero-order valence-corrected chi connectivity index (χ0v) is 8.32. The van der Waals surface area contributed by atoms with Crippen LogP contribution >= 0.6 is 11.6 Å². The number of carbonyl (C=O) groups is 1. The first-order valence-corrected chi connectivity index (χ1v) is 4.61. The lowest BCUT2D eigenvalue weighted by Crippen LogP contribution is -1.95. The number of aromatic carboxylic acids is 1. The van der Waals surface area contributed by atoms with Crippen LogP contribution in [0.5, 0.6) is 5.75 Å². The Balaban J connectivity index is 2.79. The molecule has 0 aromatic heterocycles. The Hall–Kier alpha value is -1.74. The van der Waals surface area contributed by atoms with Crippen molar-refractivity contribution in [1.82, 2.24) is 0 Å². The third-order valence-corrected chi connectivity index (χ3v) is 2.37. The number of rotatable bonds is 1. The minimum atomic E-state index is -1.08. The highest BCUT2D eigenvalue weighted by molar-refractivity contribution is 6.31. The van der Waals surface area contributed by atoms with E-state index in [-0.39, 0.29) is 11.3 Å². The fourth-order valence-corrected chi connectivity index (χ4v) is 1.62. The highest BCUT2D eigenvalue weighted by Gasteiger charge is 2.08. The molecule has 0 aliphatic heterocycles. The Labute approximate surface area is 90.5 Å². The molecule has 0 spiro atoms. The van der Waals surface area contributed by atoms with Gasteiger partial charge in [-0.1, -0.05) is 11.6 Å². The molecule has 2 aromatic carbocycles. The summed E-state index contributed by atoms with van der Waals surface area (Å²) in [5, 5.41) is 20.1. The average Bonchev–Trinajstić information content (AvgIpc) is 2.16. The van der Waals surface area contributed by atoms with E-state index in [1.54, 1.807) is 18.2 Å². The van der Waals surface area contributed by atoms with Crippen molar-refractivity contribution in [3.8, 4) is 5.75 Å². The number of aromatic hydroxyl groups is 1. The topological polar surface area (TPSA) is 57.5 Å². The molecule has 0 heterocycles. The summed E-state index contributed by atoms with van der Waals surface area (Å²) in [6, 6.07) is 7.60. The molecule has 0 aliphatic rings. The van der Waals surface area contributed by atoms with Gasteiger partial charge in [0, 0.05) is 10.4 Å². The second-order valence-corrected chi connectivity index (χ2v) is 3.60. The maximum absolute atomic E-state index is 10.7. The summed E-state index contributed by atoms with van der Waals surface area (Å²) in [7, 11) is 0. The Morgan fingerprint density at radius 2 is 1.93 bits per heavy atom. The van der Waals surface area contributed by atoms with Crippen LogP contribution in [-0.2, 0) is 0 Å². The van der Waals surface area contributed by atoms with Gasteiger partial charge in [-0.2, -0.15) is 0 Å². The van der Waals surface area contributed by atoms with E-state index in [1.807, 2.05) is 0 Å². The van der Waals surface area contributed by atoms with Gasteiger partial charge in [0.05, 0.1) is 5.56 Å². The first kappa shape index (κ1) is 9.80. The lowest BCUT2D eigenvalue weighted by Gasteiger charge is -2.03. The number of benzene rings is 2. The van der Waals surface area contributed by atoms with Crippen molar-refractivity contribution in [2.75, 3.05) is 0 Å². The van der Waals surface area contributed by atoms with Crippen LogP contribution < -0.4 is 0 Å². The second-order valence-electron chi connectivity index (χ2n) is 3.17. The quantitative estimate of drug-likeness (QED) is 0.780. The van der Waals surface area contributed by atoms with Gasteiger partial charge in [0.2, 0.25) is 0 Å². The van der Waals surface area contributed by atoms with E-state index in [4.69, 9.17) is 16.7 Å². The van der Waals surface area contributed by atoms with Gasteiger partial charge in [0.1, 0.15) is 5.75 Å². The van der Waals surface area contributed by atoms with Crippen LogP contribution in [0.3, 0.4) is 0 Å². The molecule has 2 aromatic rings. The largest absolute Gasteiger partial charge is 0.507 e. The summed E-state index contributed by atoms with van der Waals surface area (Å²) in [5.41, 5.74) is 0.0438. The van der Waals surface area contributed by atoms with Crippen LogP contribution in [-0.4, -0.2) is 16.2 Å². The number of hydrogen-bond donors (Lipinski definition) is 2. The van der Waals surface area contributed by atoms with Gasteiger partial charge in [-0.05, 0) is 35.7 Å². The van der Waals surface area contributed by atoms with E-state index >= 15 is 0 Å². The second kappa shape index (κ2) is 3.44. The van der Waals surface area contributed by atoms with Gasteiger partial charge in [0.15, 0.2) is 0 Å². The van der Waals surface area contributed by atoms with E-state index in [0.717, 1.165) is 0 Å². The highest BCUT2D eigenvalue weighted by Crippen LogP contribution is 2.28. The molecular weight excluding hydrogens is 216 g/mol. The van der Waals surface area contributed by atoms with Crippen molar-refractivity contribution in [2.24, 2.45) is 0 Å². The van der Waals surface area contributed by atoms with E-state index in [1.165, 1.54) is 12.1 Å². The smallest absolute Gasteiger partial charge is 0.335 e. The fraction of sp³-hybridized carbons (Fsp3) is 0. The summed E-state index contributed by atoms with van der Waals surface area (Å²) in [5.74, 6) is -1.13. The van der Waals surface area contributed by atoms with Crippen molar-refractivity contribution < 1.29 is 15.0 Å². The maximum atomic E-state index is 10.7. The van der Waals surface area contributed by atoms with Crippen LogP contribution in [0.25, 0.3) is 10.8 Å². The van der Waals surface area contributed by atoms with E-state index in [9.17, 15) is 9.90 Å². The van der Waals surface area contributed by atoms with Crippen LogP contribution in [0.2, 0.25) is 5.02 Å². The molecule has 0 aliphatic carbocycles. The van der Waals surface area contributed by atoms with Crippen LogP contribution in [0.15, 0.2) is 30.3 Å². The summed E-state index contributed by atoms with van der Waals surface area (Å²) in [6.07, 6.45) is 0. The predicted molar refractivity (Wildman–Crippen MR) is 57.6 cm³/mol. The molecule has 0 fully saturated rings. The van der Waals surface area contributed by atoms with Crippen molar-refractivity contribution in [3.05, 3.63) is 40.9 Å². The molecule has 15 heavy (non-hydrogen) atoms. The summed E-state index contributed by atoms with van der Waals surface area (Å²) >= 11 is 5.77. The van der Waals surface area contributed by atoms with Crippen molar-refractivity contribution in [1.29, 1.82) is 0 Å². The number of phenols is 1. The van der Waals surface area contributed by atoms with Crippen molar-refractivity contribution in [3.63, 3.8) is 0 Å². The first-order valence-electron chi connectivity index (χ1n) is 4.23. The molecule has 0 saturated heterocycles. The van der Waals surface area contributed by atoms with E-state index < -0.39 is 5.97 Å². The van der Waals surface area contributed by atoms with Crippen molar-refractivity contribution >= 4 is 28.3 Å². The Morgan fingerprint density at radius 1 is 1.20 bits per heavy atom. The Morgan fingerprint density at radius 3 is 2.60 bits per heavy atom. The summed E-state index contributed by atoms with van der Waals surface area (Å²) in [4.78, 5) is 10.7. The molecule has 2 rings (SSSR count). The third kappa shape index (κ3) is 1.74. The molecule has 4 heteroatoms. The monoisotopic (exact) mass is 222 g/mol. The van der Waals surface area contributed by atoms with Crippen LogP contribution in [0.1, 0.15) is 10.4 Å². The number of carboxylic acid groups (broad SMARTS) is 1. The molecular formula is C11H7ClO3. The summed E-state index contributed by atoms with van der Waals surface area (Å²) in [6.45, 7) is 0. The molecule has 2 N–H and O–H groups in total. The van der Waals surface area contributed by atoms with Crippen LogP contribution in [0.4, 0.5) is 0 Å². The first-order chi connectivity index (χ1) is 7.08. The SMILES string of the molecule is O=C(O)c1cc(O)c2ccc(Cl)cc2c1. The normalized spacial score (nSPS) is 10.5. The number of halogens is 1. The highest BCUT2D eigenvalue weighted by atomic mass is 35.5. The van der Waals surface area contributed by atoms with Gasteiger partial charge < -0.3 is 10.2 Å². The van der Waals surface area contributed by atoms with E-state index in [0.29, 0.717) is 15.8 Å². The van der Waals surface area contributed by atoms with Gasteiger partial charge in [-0.3, -0.25) is 0 Å². The molecule has 0 radical (unpaired) electrons. The summed E-state index contributed by atoms with van der Waals surface area (Å²) < 4.78 is 0. The van der Waals surface area contributed by atoms with Crippen LogP contribution in [0, 0.1) is 0 Å². The molecule has 0 bridgehead atoms. The van der Waals surface area contributed by atoms with Gasteiger partial charge in [-0.25, -0.2) is 4.79 Å². The number of hydrogen-bond acceptors (Lipinski definition) is 2. The van der Waals surface area contributed by atoms with Gasteiger partial charge >= 0.3 is 5.97 Å².